The van der Waals surface area contributed by atoms with Crippen molar-refractivity contribution in [3.63, 3.8) is 0 Å². The number of imidazole rings is 1. The highest BCUT2D eigenvalue weighted by atomic mass is 16.5. The molecule has 11 nitrogen and oxygen atoms in total. The van der Waals surface area contributed by atoms with E-state index in [1.807, 2.05) is 6.07 Å². The highest BCUT2D eigenvalue weighted by Crippen LogP contribution is 2.36. The second kappa shape index (κ2) is 12.1. The minimum atomic E-state index is -0.878. The van der Waals surface area contributed by atoms with Gasteiger partial charge in [0, 0.05) is 53.0 Å². The van der Waals surface area contributed by atoms with Crippen LogP contribution in [0.15, 0.2) is 59.1 Å². The normalized spacial score (nSPS) is 19.8. The van der Waals surface area contributed by atoms with Crippen molar-refractivity contribution in [2.45, 2.75) is 56.8 Å². The molecule has 5 aromatic rings. The van der Waals surface area contributed by atoms with E-state index < -0.39 is 18.2 Å². The van der Waals surface area contributed by atoms with E-state index in [1.165, 1.54) is 26.3 Å². The number of hydrogen-bond acceptors (Lipinski definition) is 7. The molecule has 1 unspecified atom stereocenters. The van der Waals surface area contributed by atoms with Gasteiger partial charge in [0.25, 0.3) is 0 Å². The molecule has 3 aromatic heterocycles. The first-order chi connectivity index (χ1) is 21.9. The van der Waals surface area contributed by atoms with E-state index in [-0.39, 0.29) is 11.9 Å². The van der Waals surface area contributed by atoms with E-state index in [4.69, 9.17) is 13.9 Å². The van der Waals surface area contributed by atoms with E-state index in [0.29, 0.717) is 18.4 Å². The lowest BCUT2D eigenvalue weighted by molar-refractivity contribution is -0.137. The summed E-state index contributed by atoms with van der Waals surface area (Å²) in [5, 5.41) is 8.29. The topological polar surface area (TPSA) is 138 Å². The summed E-state index contributed by atoms with van der Waals surface area (Å²) >= 11 is 0. The lowest BCUT2D eigenvalue weighted by Crippen LogP contribution is -2.54. The van der Waals surface area contributed by atoms with Crippen LogP contribution in [0.5, 0.6) is 0 Å². The van der Waals surface area contributed by atoms with E-state index >= 15 is 0 Å². The first kappa shape index (κ1) is 29.1. The zero-order chi connectivity index (χ0) is 31.1. The van der Waals surface area contributed by atoms with Crippen LogP contribution in [-0.4, -0.2) is 71.3 Å². The molecule has 2 amide bonds. The Morgan fingerprint density at radius 3 is 2.42 bits per heavy atom. The molecule has 7 rings (SSSR count). The fourth-order valence-corrected chi connectivity index (χ4v) is 6.69. The number of nitrogens with one attached hydrogen (secondary N) is 4. The molecule has 0 saturated carbocycles. The number of furan rings is 1. The summed E-state index contributed by atoms with van der Waals surface area (Å²) in [6, 6.07) is 16.1. The lowest BCUT2D eigenvalue weighted by Gasteiger charge is -2.30. The van der Waals surface area contributed by atoms with Gasteiger partial charge in [-0.25, -0.2) is 9.78 Å². The molecule has 4 N–H and O–H groups in total. The van der Waals surface area contributed by atoms with Crippen LogP contribution in [-0.2, 0) is 14.3 Å². The smallest absolute Gasteiger partial charge is 0.407 e. The predicted molar refractivity (Wildman–Crippen MR) is 171 cm³/mol. The Morgan fingerprint density at radius 1 is 0.978 bits per heavy atom. The summed E-state index contributed by atoms with van der Waals surface area (Å²) in [7, 11) is 2.78. The zero-order valence-corrected chi connectivity index (χ0v) is 25.7. The minimum absolute atomic E-state index is 0.232. The fourth-order valence-electron chi connectivity index (χ4n) is 6.69. The summed E-state index contributed by atoms with van der Waals surface area (Å²) in [6.45, 7) is 3.37. The lowest BCUT2D eigenvalue weighted by atomic mass is 10.1. The van der Waals surface area contributed by atoms with Crippen LogP contribution in [0.4, 0.5) is 4.79 Å². The summed E-state index contributed by atoms with van der Waals surface area (Å²) in [6.07, 6.45) is 4.52. The zero-order valence-electron chi connectivity index (χ0n) is 25.7. The van der Waals surface area contributed by atoms with Gasteiger partial charge >= 0.3 is 6.09 Å². The summed E-state index contributed by atoms with van der Waals surface area (Å²) < 4.78 is 16.5. The molecule has 2 aliphatic heterocycles. The van der Waals surface area contributed by atoms with Gasteiger partial charge in [-0.05, 0) is 75.5 Å². The van der Waals surface area contributed by atoms with Gasteiger partial charge in [-0.1, -0.05) is 12.1 Å². The molecular formula is C34H38N6O5. The summed E-state index contributed by atoms with van der Waals surface area (Å²) in [4.78, 5) is 39.0. The highest BCUT2D eigenvalue weighted by molar-refractivity contribution is 6.06. The molecule has 2 aromatic carbocycles. The molecule has 11 heteroatoms. The van der Waals surface area contributed by atoms with Crippen molar-refractivity contribution >= 4 is 33.9 Å². The second-order valence-corrected chi connectivity index (χ2v) is 11.9. The van der Waals surface area contributed by atoms with E-state index in [0.717, 1.165) is 70.3 Å². The van der Waals surface area contributed by atoms with Crippen molar-refractivity contribution in [1.29, 1.82) is 0 Å². The molecule has 2 aliphatic rings. The molecule has 0 radical (unpaired) electrons. The molecule has 5 heterocycles. The maximum absolute atomic E-state index is 13.6. The summed E-state index contributed by atoms with van der Waals surface area (Å²) in [5.41, 5.74) is 6.79. The molecular weight excluding hydrogens is 572 g/mol. The predicted octanol–water partition coefficient (Wildman–Crippen LogP) is 5.82. The van der Waals surface area contributed by atoms with Crippen LogP contribution < -0.4 is 10.6 Å². The van der Waals surface area contributed by atoms with Crippen LogP contribution in [0, 0.1) is 0 Å². The SMILES string of the molecule is COC(=O)N[C@H](C(=O)N1CCC[C@H]1c1ncc(-c2ccc3c(c2)oc2cc(-c4ccc(C5CCCN5)[nH]4)ccc23)[nH]1)[C@@H](C)OC. The van der Waals surface area contributed by atoms with Crippen LogP contribution in [0.25, 0.3) is 44.5 Å². The third-order valence-electron chi connectivity index (χ3n) is 9.25. The van der Waals surface area contributed by atoms with Gasteiger partial charge < -0.3 is 39.4 Å². The number of rotatable bonds is 8. The number of nitrogens with zero attached hydrogens (tertiary/aromatic N) is 2. The Morgan fingerprint density at radius 2 is 1.73 bits per heavy atom. The molecule has 0 aliphatic carbocycles. The number of H-pyrrole nitrogens is 2. The highest BCUT2D eigenvalue weighted by Gasteiger charge is 2.38. The number of methoxy groups -OCH3 is 2. The molecule has 0 bridgehead atoms. The molecule has 0 spiro atoms. The van der Waals surface area contributed by atoms with Gasteiger partial charge in [0.05, 0.1) is 31.1 Å². The number of benzene rings is 2. The fraction of sp³-hybridized carbons (Fsp3) is 0.382. The van der Waals surface area contributed by atoms with Gasteiger partial charge in [0.15, 0.2) is 0 Å². The maximum Gasteiger partial charge on any atom is 0.407 e. The number of likely N-dealkylation sites (tertiary alicyclic amines) is 1. The van der Waals surface area contributed by atoms with Gasteiger partial charge in [0.1, 0.15) is 23.0 Å². The molecule has 2 saturated heterocycles. The van der Waals surface area contributed by atoms with Crippen molar-refractivity contribution in [1.82, 2.24) is 30.5 Å². The number of fused-ring (bicyclic) bond motifs is 3. The van der Waals surface area contributed by atoms with Crippen LogP contribution in [0.2, 0.25) is 0 Å². The standard InChI is InChI=1S/C34H38N6O5/c1-19(43-2)31(39-34(42)44-3)33(41)40-15-5-7-28(40)32-36-18-27(38-32)21-9-11-23-22-10-8-20(16-29(22)45-30(23)17-21)24-12-13-26(37-24)25-6-4-14-35-25/h8-13,16-19,25,28,31,35,37H,4-7,14-15H2,1-3H3,(H,36,38)(H,39,42)/t19-,25?,28+,31+/m1/s1. The number of ether oxygens (including phenoxy) is 2. The molecule has 4 atom stereocenters. The first-order valence-electron chi connectivity index (χ1n) is 15.6. The molecule has 45 heavy (non-hydrogen) atoms. The van der Waals surface area contributed by atoms with Crippen LogP contribution in [0.1, 0.15) is 56.2 Å². The number of aromatic amines is 2. The van der Waals surface area contributed by atoms with Gasteiger partial charge in [-0.3, -0.25) is 4.79 Å². The second-order valence-electron chi connectivity index (χ2n) is 11.9. The van der Waals surface area contributed by atoms with Crippen molar-refractivity contribution in [3.8, 4) is 22.5 Å². The Bertz CT molecular complexity index is 1850. The molecule has 234 valence electrons. The van der Waals surface area contributed by atoms with Crippen molar-refractivity contribution < 1.29 is 23.5 Å². The Labute approximate surface area is 260 Å². The summed E-state index contributed by atoms with van der Waals surface area (Å²) in [5.74, 6) is 0.467. The Hall–Kier alpha value is -4.61. The van der Waals surface area contributed by atoms with Gasteiger partial charge in [-0.15, -0.1) is 0 Å². The minimum Gasteiger partial charge on any atom is -0.456 e. The Balaban J connectivity index is 1.12. The Kier molecular flexibility index (Phi) is 7.80. The van der Waals surface area contributed by atoms with Gasteiger partial charge in [0.2, 0.25) is 5.91 Å². The monoisotopic (exact) mass is 610 g/mol. The van der Waals surface area contributed by atoms with E-state index in [9.17, 15) is 9.59 Å². The quantitative estimate of drug-likeness (QED) is 0.174. The average molecular weight is 611 g/mol. The molecule has 2 fully saturated rings. The van der Waals surface area contributed by atoms with Crippen LogP contribution in [0.3, 0.4) is 0 Å². The first-order valence-corrected chi connectivity index (χ1v) is 15.6. The number of aromatic nitrogens is 3. The maximum atomic E-state index is 13.6. The van der Waals surface area contributed by atoms with Gasteiger partial charge in [-0.2, -0.15) is 0 Å². The number of amides is 2. The van der Waals surface area contributed by atoms with Crippen molar-refractivity contribution in [3.05, 3.63) is 66.2 Å². The number of carbonyl (C=O) groups is 2. The van der Waals surface area contributed by atoms with Crippen molar-refractivity contribution in [2.75, 3.05) is 27.3 Å². The number of hydrogen-bond donors (Lipinski definition) is 4. The average Bonchev–Trinajstić information content (AvgIpc) is 3.90. The van der Waals surface area contributed by atoms with Crippen LogP contribution >= 0.6 is 0 Å². The third kappa shape index (κ3) is 5.46. The van der Waals surface area contributed by atoms with E-state index in [2.05, 4.69) is 68.1 Å². The van der Waals surface area contributed by atoms with Crippen molar-refractivity contribution in [2.24, 2.45) is 0 Å². The van der Waals surface area contributed by atoms with E-state index in [1.54, 1.807) is 18.0 Å². The third-order valence-corrected chi connectivity index (χ3v) is 9.25. The number of carbonyl (C=O) groups excluding carboxylic acids is 2. The number of alkyl carbamates (subject to hydrolysis) is 1. The largest absolute Gasteiger partial charge is 0.456 e.